The van der Waals surface area contributed by atoms with Gasteiger partial charge in [-0.3, -0.25) is 9.48 Å². The minimum atomic E-state index is 0.0355. The maximum Gasteiger partial charge on any atom is 0.254 e. The smallest absolute Gasteiger partial charge is 0.254 e. The number of rotatable bonds is 5. The van der Waals surface area contributed by atoms with E-state index in [1.54, 1.807) is 0 Å². The van der Waals surface area contributed by atoms with Crippen LogP contribution in [0.3, 0.4) is 0 Å². The Morgan fingerprint density at radius 1 is 1.31 bits per heavy atom. The van der Waals surface area contributed by atoms with E-state index in [9.17, 15) is 4.79 Å². The minimum absolute atomic E-state index is 0.0355. The predicted molar refractivity (Wildman–Crippen MR) is 114 cm³/mol. The molecule has 1 aliphatic rings. The molecule has 0 bridgehead atoms. The highest BCUT2D eigenvalue weighted by atomic mass is 16.2. The number of nitrogens with one attached hydrogen (secondary N) is 1. The lowest BCUT2D eigenvalue weighted by molar-refractivity contribution is 0.0732. The molecule has 0 saturated carbocycles. The van der Waals surface area contributed by atoms with Crippen LogP contribution in [0.4, 0.5) is 0 Å². The van der Waals surface area contributed by atoms with Gasteiger partial charge in [0.15, 0.2) is 0 Å². The van der Waals surface area contributed by atoms with Crippen LogP contribution in [0.1, 0.15) is 66.2 Å². The third-order valence-corrected chi connectivity index (χ3v) is 5.62. The molecule has 7 nitrogen and oxygen atoms in total. The second kappa shape index (κ2) is 7.63. The van der Waals surface area contributed by atoms with Crippen molar-refractivity contribution in [3.63, 3.8) is 0 Å². The molecule has 1 fully saturated rings. The van der Waals surface area contributed by atoms with E-state index in [1.807, 2.05) is 48.9 Å². The maximum absolute atomic E-state index is 13.3. The Kier molecular flexibility index (Phi) is 5.17. The first kappa shape index (κ1) is 19.6. The predicted octanol–water partition coefficient (Wildman–Crippen LogP) is 3.46. The van der Waals surface area contributed by atoms with Gasteiger partial charge in [0.25, 0.3) is 5.91 Å². The average Bonchev–Trinajstić information content (AvgIpc) is 3.38. The quantitative estimate of drug-likeness (QED) is 0.719. The molecule has 0 radical (unpaired) electrons. The topological polar surface area (TPSA) is 70.1 Å². The Hall–Kier alpha value is -2.67. The van der Waals surface area contributed by atoms with Crippen LogP contribution in [0.5, 0.6) is 0 Å². The maximum atomic E-state index is 13.3. The van der Waals surface area contributed by atoms with Crippen LogP contribution >= 0.6 is 0 Å². The van der Waals surface area contributed by atoms with E-state index in [0.717, 1.165) is 54.2 Å². The van der Waals surface area contributed by atoms with Crippen LogP contribution in [0.15, 0.2) is 24.3 Å². The second-order valence-electron chi connectivity index (χ2n) is 8.59. The number of likely N-dealkylation sites (tertiary alicyclic amines) is 1. The van der Waals surface area contributed by atoms with Crippen LogP contribution in [-0.4, -0.2) is 56.1 Å². The monoisotopic (exact) mass is 394 g/mol. The molecule has 3 aromatic rings. The zero-order valence-electron chi connectivity index (χ0n) is 17.9. The van der Waals surface area contributed by atoms with Crippen LogP contribution in [-0.2, 0) is 13.6 Å². The van der Waals surface area contributed by atoms with Gasteiger partial charge in [0.05, 0.1) is 28.5 Å². The molecule has 7 heteroatoms. The van der Waals surface area contributed by atoms with Crippen LogP contribution in [0.25, 0.3) is 11.0 Å². The molecule has 0 unspecified atom stereocenters. The highest BCUT2D eigenvalue weighted by Gasteiger charge is 2.32. The molecule has 29 heavy (non-hydrogen) atoms. The standard InChI is InChI=1S/C22H30N6O/c1-14(2)21-23-17-9-8-15(11-18(17)24-21)22(29)28-10-6-7-20(28)19-12-16(13-26(3)4)27(5)25-19/h8-9,11-12,14,20H,6-7,10,13H2,1-5H3,(H,23,24)/t20-/m1/s1. The first-order valence-electron chi connectivity index (χ1n) is 10.3. The van der Waals surface area contributed by atoms with Gasteiger partial charge in [-0.15, -0.1) is 0 Å². The number of imidazole rings is 1. The van der Waals surface area contributed by atoms with Crippen molar-refractivity contribution >= 4 is 16.9 Å². The van der Waals surface area contributed by atoms with E-state index in [4.69, 9.17) is 5.10 Å². The number of aryl methyl sites for hydroxylation is 1. The van der Waals surface area contributed by atoms with E-state index in [2.05, 4.69) is 34.8 Å². The van der Waals surface area contributed by atoms with E-state index in [1.165, 1.54) is 0 Å². The summed E-state index contributed by atoms with van der Waals surface area (Å²) in [7, 11) is 6.07. The summed E-state index contributed by atoms with van der Waals surface area (Å²) in [5.74, 6) is 1.34. The molecule has 0 aliphatic carbocycles. The van der Waals surface area contributed by atoms with Crippen molar-refractivity contribution in [2.45, 2.75) is 45.2 Å². The molecular weight excluding hydrogens is 364 g/mol. The molecule has 2 aromatic heterocycles. The summed E-state index contributed by atoms with van der Waals surface area (Å²) in [5.41, 5.74) is 4.67. The van der Waals surface area contributed by atoms with E-state index in [0.29, 0.717) is 11.5 Å². The number of nitrogens with zero attached hydrogens (tertiary/aromatic N) is 5. The number of fused-ring (bicyclic) bond motifs is 1. The molecular formula is C22H30N6O. The Labute approximate surface area is 171 Å². The van der Waals surface area contributed by atoms with Crippen molar-refractivity contribution in [1.82, 2.24) is 29.5 Å². The molecule has 1 saturated heterocycles. The van der Waals surface area contributed by atoms with Crippen molar-refractivity contribution in [1.29, 1.82) is 0 Å². The normalized spacial score (nSPS) is 17.2. The third kappa shape index (κ3) is 3.79. The number of benzene rings is 1. The number of H-pyrrole nitrogens is 1. The Balaban J connectivity index is 1.60. The van der Waals surface area contributed by atoms with Crippen LogP contribution in [0, 0.1) is 0 Å². The Bertz CT molecular complexity index is 1030. The fraction of sp³-hybridized carbons (Fsp3) is 0.500. The molecule has 3 heterocycles. The minimum Gasteiger partial charge on any atom is -0.342 e. The van der Waals surface area contributed by atoms with Crippen molar-refractivity contribution in [3.05, 3.63) is 47.0 Å². The molecule has 4 rings (SSSR count). The lowest BCUT2D eigenvalue weighted by Gasteiger charge is -2.23. The van der Waals surface area contributed by atoms with Gasteiger partial charge in [-0.05, 0) is 51.2 Å². The summed E-state index contributed by atoms with van der Waals surface area (Å²) >= 11 is 0. The first-order valence-corrected chi connectivity index (χ1v) is 10.3. The van der Waals surface area contributed by atoms with Gasteiger partial charge < -0.3 is 14.8 Å². The molecule has 1 amide bonds. The number of aromatic amines is 1. The highest BCUT2D eigenvalue weighted by molar-refractivity contribution is 5.97. The van der Waals surface area contributed by atoms with Crippen molar-refractivity contribution in [2.24, 2.45) is 7.05 Å². The fourth-order valence-corrected chi connectivity index (χ4v) is 4.08. The molecule has 1 aliphatic heterocycles. The van der Waals surface area contributed by atoms with Gasteiger partial charge in [0.1, 0.15) is 5.82 Å². The number of hydrogen-bond acceptors (Lipinski definition) is 4. The summed E-state index contributed by atoms with van der Waals surface area (Å²) in [5, 5.41) is 4.72. The Morgan fingerprint density at radius 2 is 2.10 bits per heavy atom. The largest absolute Gasteiger partial charge is 0.342 e. The van der Waals surface area contributed by atoms with Gasteiger partial charge >= 0.3 is 0 Å². The summed E-state index contributed by atoms with van der Waals surface area (Å²) < 4.78 is 1.93. The van der Waals surface area contributed by atoms with Gasteiger partial charge in [0, 0.05) is 31.6 Å². The highest BCUT2D eigenvalue weighted by Crippen LogP contribution is 2.33. The molecule has 1 aromatic carbocycles. The number of aromatic nitrogens is 4. The van der Waals surface area contributed by atoms with Gasteiger partial charge in [-0.1, -0.05) is 13.8 Å². The van der Waals surface area contributed by atoms with E-state index < -0.39 is 0 Å². The SMILES string of the molecule is CC(C)c1nc2ccc(C(=O)N3CCC[C@@H]3c3cc(CN(C)C)n(C)n3)cc2[nH]1. The lowest BCUT2D eigenvalue weighted by atomic mass is 10.1. The molecule has 0 spiro atoms. The van der Waals surface area contributed by atoms with Gasteiger partial charge in [-0.2, -0.15) is 5.10 Å². The third-order valence-electron chi connectivity index (χ3n) is 5.62. The number of hydrogen-bond donors (Lipinski definition) is 1. The van der Waals surface area contributed by atoms with Gasteiger partial charge in [0.2, 0.25) is 0 Å². The average molecular weight is 395 g/mol. The lowest BCUT2D eigenvalue weighted by Crippen LogP contribution is -2.30. The molecule has 1 N–H and O–H groups in total. The summed E-state index contributed by atoms with van der Waals surface area (Å²) in [4.78, 5) is 25.4. The van der Waals surface area contributed by atoms with E-state index in [-0.39, 0.29) is 11.9 Å². The summed E-state index contributed by atoms with van der Waals surface area (Å²) in [6.07, 6.45) is 1.95. The molecule has 154 valence electrons. The van der Waals surface area contributed by atoms with E-state index >= 15 is 0 Å². The number of carbonyl (C=O) groups is 1. The zero-order chi connectivity index (χ0) is 20.7. The Morgan fingerprint density at radius 3 is 2.83 bits per heavy atom. The van der Waals surface area contributed by atoms with Crippen molar-refractivity contribution < 1.29 is 4.79 Å². The van der Waals surface area contributed by atoms with Crippen molar-refractivity contribution in [3.8, 4) is 0 Å². The van der Waals surface area contributed by atoms with Crippen LogP contribution < -0.4 is 0 Å². The van der Waals surface area contributed by atoms with Crippen LogP contribution in [0.2, 0.25) is 0 Å². The molecule has 1 atom stereocenters. The number of amides is 1. The van der Waals surface area contributed by atoms with Gasteiger partial charge in [-0.25, -0.2) is 4.98 Å². The fourth-order valence-electron chi connectivity index (χ4n) is 4.08. The number of carbonyl (C=O) groups excluding carboxylic acids is 1. The zero-order valence-corrected chi connectivity index (χ0v) is 17.9. The summed E-state index contributed by atoms with van der Waals surface area (Å²) in [6, 6.07) is 7.94. The summed E-state index contributed by atoms with van der Waals surface area (Å²) in [6.45, 7) is 5.81. The first-order chi connectivity index (χ1) is 13.8. The van der Waals surface area contributed by atoms with Crippen molar-refractivity contribution in [2.75, 3.05) is 20.6 Å². The second-order valence-corrected chi connectivity index (χ2v) is 8.59.